The summed E-state index contributed by atoms with van der Waals surface area (Å²) >= 11 is 0. The van der Waals surface area contributed by atoms with E-state index in [2.05, 4.69) is 28.6 Å². The summed E-state index contributed by atoms with van der Waals surface area (Å²) in [5.74, 6) is -0.0767. The van der Waals surface area contributed by atoms with Gasteiger partial charge in [0.15, 0.2) is 0 Å². The molecule has 4 rings (SSSR count). The normalized spacial score (nSPS) is 20.0. The van der Waals surface area contributed by atoms with Crippen LogP contribution in [0.5, 0.6) is 0 Å². The Labute approximate surface area is 158 Å². The second kappa shape index (κ2) is 7.26. The third-order valence-electron chi connectivity index (χ3n) is 5.09. The molecule has 3 amide bonds. The lowest BCUT2D eigenvalue weighted by Gasteiger charge is -2.29. The van der Waals surface area contributed by atoms with Gasteiger partial charge in [0.25, 0.3) is 0 Å². The van der Waals surface area contributed by atoms with Gasteiger partial charge in [-0.15, -0.1) is 0 Å². The maximum atomic E-state index is 12.7. The topological polar surface area (TPSA) is 70.5 Å². The Morgan fingerprint density at radius 2 is 2.04 bits per heavy atom. The summed E-state index contributed by atoms with van der Waals surface area (Å²) in [5.41, 5.74) is 3.05. The molecule has 0 spiro atoms. The molecule has 1 saturated heterocycles. The van der Waals surface area contributed by atoms with Crippen molar-refractivity contribution in [1.82, 2.24) is 20.0 Å². The first kappa shape index (κ1) is 17.3. The van der Waals surface area contributed by atoms with E-state index in [1.165, 1.54) is 0 Å². The first-order chi connectivity index (χ1) is 13.1. The van der Waals surface area contributed by atoms with Gasteiger partial charge in [0.1, 0.15) is 6.04 Å². The Balaban J connectivity index is 1.38. The number of aryl methyl sites for hydroxylation is 1. The van der Waals surface area contributed by atoms with Gasteiger partial charge in [-0.1, -0.05) is 36.4 Å². The van der Waals surface area contributed by atoms with Crippen LogP contribution in [-0.4, -0.2) is 52.3 Å². The number of amides is 3. The third-order valence-corrected chi connectivity index (χ3v) is 5.09. The van der Waals surface area contributed by atoms with Gasteiger partial charge < -0.3 is 15.1 Å². The molecule has 2 aromatic rings. The second-order valence-corrected chi connectivity index (χ2v) is 6.96. The van der Waals surface area contributed by atoms with E-state index in [-0.39, 0.29) is 11.9 Å². The number of carbonyl (C=O) groups is 2. The monoisotopic (exact) mass is 365 g/mol. The van der Waals surface area contributed by atoms with Gasteiger partial charge in [-0.25, -0.2) is 4.79 Å². The summed E-state index contributed by atoms with van der Waals surface area (Å²) in [4.78, 5) is 28.9. The minimum absolute atomic E-state index is 0.0767. The molecule has 27 heavy (non-hydrogen) atoms. The van der Waals surface area contributed by atoms with Crippen LogP contribution in [0.4, 0.5) is 10.5 Å². The molecule has 1 N–H and O–H groups in total. The molecule has 2 aliphatic heterocycles. The van der Waals surface area contributed by atoms with E-state index in [4.69, 9.17) is 0 Å². The number of anilines is 1. The highest BCUT2D eigenvalue weighted by Crippen LogP contribution is 2.23. The maximum Gasteiger partial charge on any atom is 0.318 e. The minimum Gasteiger partial charge on any atom is -0.326 e. The molecule has 1 fully saturated rings. The predicted molar refractivity (Wildman–Crippen MR) is 103 cm³/mol. The molecule has 0 radical (unpaired) electrons. The van der Waals surface area contributed by atoms with Gasteiger partial charge in [0.2, 0.25) is 5.91 Å². The van der Waals surface area contributed by atoms with E-state index in [0.717, 1.165) is 23.2 Å². The summed E-state index contributed by atoms with van der Waals surface area (Å²) in [6.07, 6.45) is 7.09. The number of urea groups is 1. The quantitative estimate of drug-likeness (QED) is 0.905. The van der Waals surface area contributed by atoms with Crippen molar-refractivity contribution in [3.8, 4) is 0 Å². The lowest BCUT2D eigenvalue weighted by molar-refractivity contribution is -0.118. The van der Waals surface area contributed by atoms with E-state index < -0.39 is 6.04 Å². The van der Waals surface area contributed by atoms with Crippen molar-refractivity contribution in [3.05, 3.63) is 54.4 Å². The van der Waals surface area contributed by atoms with Gasteiger partial charge in [-0.3, -0.25) is 9.48 Å². The molecule has 1 atom stereocenters. The molecule has 2 aliphatic rings. The largest absolute Gasteiger partial charge is 0.326 e. The van der Waals surface area contributed by atoms with Gasteiger partial charge in [0.05, 0.1) is 11.9 Å². The summed E-state index contributed by atoms with van der Waals surface area (Å²) in [5, 5.41) is 7.03. The molecule has 140 valence electrons. The number of carbonyl (C=O) groups excluding carboxylic acids is 2. The van der Waals surface area contributed by atoms with Crippen LogP contribution in [0.15, 0.2) is 48.8 Å². The van der Waals surface area contributed by atoms with Crippen LogP contribution in [0.2, 0.25) is 0 Å². The van der Waals surface area contributed by atoms with Crippen molar-refractivity contribution in [2.24, 2.45) is 7.05 Å². The van der Waals surface area contributed by atoms with Crippen LogP contribution in [0, 0.1) is 0 Å². The predicted octanol–water partition coefficient (Wildman–Crippen LogP) is 2.02. The Hall–Kier alpha value is -3.09. The number of nitrogens with zero attached hydrogens (tertiary/aromatic N) is 4. The van der Waals surface area contributed by atoms with E-state index in [1.807, 2.05) is 31.4 Å². The molecule has 3 heterocycles. The van der Waals surface area contributed by atoms with E-state index >= 15 is 0 Å². The van der Waals surface area contributed by atoms with E-state index in [1.54, 1.807) is 20.7 Å². The molecule has 0 aliphatic carbocycles. The fraction of sp³-hybridized carbons (Fsp3) is 0.350. The van der Waals surface area contributed by atoms with Crippen LogP contribution in [0.25, 0.3) is 5.57 Å². The van der Waals surface area contributed by atoms with E-state index in [0.29, 0.717) is 26.1 Å². The number of aromatic nitrogens is 2. The van der Waals surface area contributed by atoms with Crippen LogP contribution >= 0.6 is 0 Å². The lowest BCUT2D eigenvalue weighted by atomic mass is 10.0. The summed E-state index contributed by atoms with van der Waals surface area (Å²) in [6.45, 7) is 1.81. The first-order valence-electron chi connectivity index (χ1n) is 9.22. The van der Waals surface area contributed by atoms with Crippen molar-refractivity contribution < 1.29 is 9.59 Å². The summed E-state index contributed by atoms with van der Waals surface area (Å²) in [7, 11) is 1.82. The second-order valence-electron chi connectivity index (χ2n) is 6.96. The average Bonchev–Trinajstić information content (AvgIpc) is 3.28. The number of hydrogen-bond donors (Lipinski definition) is 1. The van der Waals surface area contributed by atoms with Crippen LogP contribution in [-0.2, 0) is 11.8 Å². The van der Waals surface area contributed by atoms with E-state index in [9.17, 15) is 9.59 Å². The summed E-state index contributed by atoms with van der Waals surface area (Å²) in [6, 6.07) is 9.43. The van der Waals surface area contributed by atoms with Crippen LogP contribution < -0.4 is 10.2 Å². The van der Waals surface area contributed by atoms with Crippen molar-refractivity contribution >= 4 is 23.2 Å². The smallest absolute Gasteiger partial charge is 0.318 e. The first-order valence-corrected chi connectivity index (χ1v) is 9.22. The number of hydrogen-bond acceptors (Lipinski definition) is 3. The molecule has 1 aromatic carbocycles. The average molecular weight is 365 g/mol. The highest BCUT2D eigenvalue weighted by Gasteiger charge is 2.35. The maximum absolute atomic E-state index is 12.7. The number of benzene rings is 1. The Morgan fingerprint density at radius 3 is 2.78 bits per heavy atom. The standard InChI is InChI=1S/C20H23N5O2/c1-23-14-17(12-21-23)25-11-9-18(19(25)26)22-20(27)24-10-5-8-16(13-24)15-6-3-2-4-7-15/h2-4,6-8,12,14,18H,5,9-11,13H2,1H3,(H,22,27). The molecule has 7 heteroatoms. The van der Waals surface area contributed by atoms with Crippen LogP contribution in [0.3, 0.4) is 0 Å². The highest BCUT2D eigenvalue weighted by atomic mass is 16.2. The SMILES string of the molecule is Cn1cc(N2CCC(NC(=O)N3CCC=C(c4ccccc4)C3)C2=O)cn1. The third kappa shape index (κ3) is 3.58. The molecule has 1 aromatic heterocycles. The number of rotatable bonds is 3. The van der Waals surface area contributed by atoms with Crippen molar-refractivity contribution in [3.63, 3.8) is 0 Å². The fourth-order valence-electron chi connectivity index (χ4n) is 3.64. The minimum atomic E-state index is -0.483. The Morgan fingerprint density at radius 1 is 1.22 bits per heavy atom. The zero-order valence-electron chi connectivity index (χ0n) is 15.3. The van der Waals surface area contributed by atoms with Gasteiger partial charge >= 0.3 is 6.03 Å². The van der Waals surface area contributed by atoms with Crippen molar-refractivity contribution in [2.75, 3.05) is 24.5 Å². The number of nitrogens with one attached hydrogen (secondary N) is 1. The lowest BCUT2D eigenvalue weighted by Crippen LogP contribution is -2.49. The molecular formula is C20H23N5O2. The molecule has 7 nitrogen and oxygen atoms in total. The fourth-order valence-corrected chi connectivity index (χ4v) is 3.64. The Kier molecular flexibility index (Phi) is 4.66. The van der Waals surface area contributed by atoms with Gasteiger partial charge in [0, 0.05) is 32.9 Å². The molecule has 1 unspecified atom stereocenters. The molecule has 0 bridgehead atoms. The molecule has 0 saturated carbocycles. The Bertz CT molecular complexity index is 874. The zero-order valence-corrected chi connectivity index (χ0v) is 15.3. The zero-order chi connectivity index (χ0) is 18.8. The highest BCUT2D eigenvalue weighted by molar-refractivity contribution is 6.01. The van der Waals surface area contributed by atoms with Crippen molar-refractivity contribution in [2.45, 2.75) is 18.9 Å². The van der Waals surface area contributed by atoms with Crippen molar-refractivity contribution in [1.29, 1.82) is 0 Å². The summed E-state index contributed by atoms with van der Waals surface area (Å²) < 4.78 is 1.67. The van der Waals surface area contributed by atoms with Crippen LogP contribution in [0.1, 0.15) is 18.4 Å². The van der Waals surface area contributed by atoms with Gasteiger partial charge in [-0.2, -0.15) is 5.10 Å². The van der Waals surface area contributed by atoms with Gasteiger partial charge in [-0.05, 0) is 24.0 Å². The molecular weight excluding hydrogens is 342 g/mol.